The Morgan fingerprint density at radius 2 is 2.00 bits per heavy atom. The molecular formula is C13H15BrO2. The second-order valence-corrected chi connectivity index (χ2v) is 5.53. The van der Waals surface area contributed by atoms with E-state index >= 15 is 0 Å². The second kappa shape index (κ2) is 4.47. The molecule has 3 heteroatoms. The zero-order valence-electron chi connectivity index (χ0n) is 9.06. The van der Waals surface area contributed by atoms with E-state index in [1.165, 1.54) is 5.56 Å². The molecule has 1 aromatic carbocycles. The maximum Gasteiger partial charge on any atom is 0.161 e. The van der Waals surface area contributed by atoms with Gasteiger partial charge >= 0.3 is 0 Å². The van der Waals surface area contributed by atoms with E-state index < -0.39 is 0 Å². The summed E-state index contributed by atoms with van der Waals surface area (Å²) in [5.41, 5.74) is 1.37. The van der Waals surface area contributed by atoms with Crippen LogP contribution in [0.1, 0.15) is 12.0 Å². The topological polar surface area (TPSA) is 18.5 Å². The second-order valence-electron chi connectivity index (χ2n) is 4.62. The zero-order valence-corrected chi connectivity index (χ0v) is 10.7. The highest BCUT2D eigenvalue weighted by Gasteiger charge is 2.40. The summed E-state index contributed by atoms with van der Waals surface area (Å²) in [6.07, 6.45) is 2.27. The average molecular weight is 283 g/mol. The van der Waals surface area contributed by atoms with Gasteiger partial charge in [-0.1, -0.05) is 28.1 Å². The molecular weight excluding hydrogens is 268 g/mol. The predicted octanol–water partition coefficient (Wildman–Crippen LogP) is 3.00. The molecule has 0 spiro atoms. The molecule has 86 valence electrons. The summed E-state index contributed by atoms with van der Waals surface area (Å²) in [4.78, 5) is 0. The van der Waals surface area contributed by atoms with Crippen LogP contribution in [0.4, 0.5) is 0 Å². The summed E-state index contributed by atoms with van der Waals surface area (Å²) in [5.74, 6) is 1.25. The summed E-state index contributed by atoms with van der Waals surface area (Å²) in [6, 6.07) is 8.56. The molecule has 0 radical (unpaired) electrons. The van der Waals surface area contributed by atoms with Gasteiger partial charge in [-0.15, -0.1) is 0 Å². The third kappa shape index (κ3) is 2.04. The largest absolute Gasteiger partial charge is 0.352 e. The molecule has 0 saturated carbocycles. The SMILES string of the molecule is Brc1ccc(C[C@@H]2[C@H]3CCO[C@@H]2OC3)cc1. The Morgan fingerprint density at radius 1 is 1.19 bits per heavy atom. The smallest absolute Gasteiger partial charge is 0.161 e. The van der Waals surface area contributed by atoms with E-state index in [1.54, 1.807) is 0 Å². The summed E-state index contributed by atoms with van der Waals surface area (Å²) < 4.78 is 12.4. The Balaban J connectivity index is 1.72. The summed E-state index contributed by atoms with van der Waals surface area (Å²) in [6.45, 7) is 1.75. The van der Waals surface area contributed by atoms with Crippen molar-refractivity contribution < 1.29 is 9.47 Å². The third-order valence-corrected chi connectivity index (χ3v) is 4.11. The molecule has 1 aromatic rings. The van der Waals surface area contributed by atoms with Crippen LogP contribution in [0.3, 0.4) is 0 Å². The fraction of sp³-hybridized carbons (Fsp3) is 0.538. The van der Waals surface area contributed by atoms with Gasteiger partial charge in [0.2, 0.25) is 0 Å². The number of fused-ring (bicyclic) bond motifs is 2. The Bertz CT molecular complexity index is 347. The molecule has 3 rings (SSSR count). The number of halogens is 1. The molecule has 0 unspecified atom stereocenters. The lowest BCUT2D eigenvalue weighted by molar-refractivity contribution is -0.139. The van der Waals surface area contributed by atoms with Gasteiger partial charge < -0.3 is 9.47 Å². The maximum absolute atomic E-state index is 5.65. The first-order chi connectivity index (χ1) is 7.83. The van der Waals surface area contributed by atoms with Crippen molar-refractivity contribution in [2.75, 3.05) is 13.2 Å². The summed E-state index contributed by atoms with van der Waals surface area (Å²) in [5, 5.41) is 0. The molecule has 2 nitrogen and oxygen atoms in total. The molecule has 2 saturated heterocycles. The van der Waals surface area contributed by atoms with E-state index in [2.05, 4.69) is 40.2 Å². The van der Waals surface area contributed by atoms with E-state index in [0.29, 0.717) is 11.8 Å². The lowest BCUT2D eigenvalue weighted by atomic mass is 9.85. The van der Waals surface area contributed by atoms with Crippen molar-refractivity contribution >= 4 is 15.9 Å². The number of hydrogen-bond donors (Lipinski definition) is 0. The summed E-state index contributed by atoms with van der Waals surface area (Å²) in [7, 11) is 0. The van der Waals surface area contributed by atoms with Crippen LogP contribution in [0, 0.1) is 11.8 Å². The van der Waals surface area contributed by atoms with E-state index in [1.807, 2.05) is 0 Å². The van der Waals surface area contributed by atoms with Crippen molar-refractivity contribution in [3.05, 3.63) is 34.3 Å². The van der Waals surface area contributed by atoms with Crippen molar-refractivity contribution in [1.82, 2.24) is 0 Å². The minimum absolute atomic E-state index is 0.0439. The molecule has 0 amide bonds. The molecule has 0 aromatic heterocycles. The van der Waals surface area contributed by atoms with Gasteiger partial charge in [0.05, 0.1) is 13.2 Å². The van der Waals surface area contributed by atoms with Crippen molar-refractivity contribution in [2.24, 2.45) is 11.8 Å². The van der Waals surface area contributed by atoms with Crippen LogP contribution in [-0.2, 0) is 15.9 Å². The molecule has 0 N–H and O–H groups in total. The molecule has 0 aliphatic carbocycles. The first-order valence-electron chi connectivity index (χ1n) is 5.80. The van der Waals surface area contributed by atoms with Crippen LogP contribution in [0.25, 0.3) is 0 Å². The quantitative estimate of drug-likeness (QED) is 0.830. The fourth-order valence-electron chi connectivity index (χ4n) is 2.65. The Labute approximate surface area is 104 Å². The number of rotatable bonds is 2. The maximum atomic E-state index is 5.65. The number of hydrogen-bond acceptors (Lipinski definition) is 2. The van der Waals surface area contributed by atoms with E-state index in [4.69, 9.17) is 9.47 Å². The molecule has 3 atom stereocenters. The first kappa shape index (κ1) is 10.8. The summed E-state index contributed by atoms with van der Waals surface area (Å²) >= 11 is 3.46. The van der Waals surface area contributed by atoms with Crippen LogP contribution in [-0.4, -0.2) is 19.5 Å². The third-order valence-electron chi connectivity index (χ3n) is 3.59. The van der Waals surface area contributed by atoms with Crippen molar-refractivity contribution in [3.63, 3.8) is 0 Å². The van der Waals surface area contributed by atoms with E-state index in [0.717, 1.165) is 30.5 Å². The highest BCUT2D eigenvalue weighted by molar-refractivity contribution is 9.10. The van der Waals surface area contributed by atoms with Gasteiger partial charge in [-0.2, -0.15) is 0 Å². The molecule has 2 bridgehead atoms. The van der Waals surface area contributed by atoms with Crippen molar-refractivity contribution in [2.45, 2.75) is 19.1 Å². The highest BCUT2D eigenvalue weighted by atomic mass is 79.9. The zero-order chi connectivity index (χ0) is 11.0. The van der Waals surface area contributed by atoms with Crippen LogP contribution < -0.4 is 0 Å². The standard InChI is InChI=1S/C13H15BrO2/c14-11-3-1-9(2-4-11)7-12-10-5-6-15-13(12)16-8-10/h1-4,10,12-13H,5-8H2/t10-,12+,13+/m0/s1. The van der Waals surface area contributed by atoms with Gasteiger partial charge in [0.25, 0.3) is 0 Å². The van der Waals surface area contributed by atoms with Crippen LogP contribution >= 0.6 is 15.9 Å². The molecule has 2 aliphatic rings. The predicted molar refractivity (Wildman–Crippen MR) is 65.1 cm³/mol. The molecule has 2 heterocycles. The van der Waals surface area contributed by atoms with Gasteiger partial charge in [-0.05, 0) is 36.5 Å². The first-order valence-corrected chi connectivity index (χ1v) is 6.60. The van der Waals surface area contributed by atoms with Crippen LogP contribution in [0.5, 0.6) is 0 Å². The van der Waals surface area contributed by atoms with Gasteiger partial charge in [0.1, 0.15) is 0 Å². The molecule has 2 aliphatic heterocycles. The number of benzene rings is 1. The van der Waals surface area contributed by atoms with Crippen LogP contribution in [0.15, 0.2) is 28.7 Å². The Morgan fingerprint density at radius 3 is 2.75 bits per heavy atom. The minimum Gasteiger partial charge on any atom is -0.352 e. The van der Waals surface area contributed by atoms with Gasteiger partial charge in [0.15, 0.2) is 6.29 Å². The van der Waals surface area contributed by atoms with E-state index in [9.17, 15) is 0 Å². The highest BCUT2D eigenvalue weighted by Crippen LogP contribution is 2.37. The van der Waals surface area contributed by atoms with Gasteiger partial charge in [-0.3, -0.25) is 0 Å². The lowest BCUT2D eigenvalue weighted by Gasteiger charge is -2.27. The van der Waals surface area contributed by atoms with Crippen molar-refractivity contribution in [3.8, 4) is 0 Å². The molecule has 16 heavy (non-hydrogen) atoms. The normalized spacial score (nSPS) is 32.9. The average Bonchev–Trinajstić information content (AvgIpc) is 2.52. The Kier molecular flexibility index (Phi) is 3.01. The van der Waals surface area contributed by atoms with Crippen LogP contribution in [0.2, 0.25) is 0 Å². The van der Waals surface area contributed by atoms with Gasteiger partial charge in [-0.25, -0.2) is 0 Å². The number of ether oxygens (including phenoxy) is 2. The minimum atomic E-state index is 0.0439. The lowest BCUT2D eigenvalue weighted by Crippen LogP contribution is -2.31. The Hall–Kier alpha value is -0.380. The van der Waals surface area contributed by atoms with E-state index in [-0.39, 0.29) is 6.29 Å². The molecule has 2 fully saturated rings. The van der Waals surface area contributed by atoms with Gasteiger partial charge in [0, 0.05) is 10.4 Å². The van der Waals surface area contributed by atoms with Crippen molar-refractivity contribution in [1.29, 1.82) is 0 Å². The fourth-order valence-corrected chi connectivity index (χ4v) is 2.91. The monoisotopic (exact) mass is 282 g/mol.